The zero-order chi connectivity index (χ0) is 13.6. The second-order valence-corrected chi connectivity index (χ2v) is 4.41. The minimum atomic E-state index is -0.859. The van der Waals surface area contributed by atoms with Crippen LogP contribution >= 0.6 is 0 Å². The van der Waals surface area contributed by atoms with Crippen LogP contribution in [-0.2, 0) is 14.3 Å². The first-order chi connectivity index (χ1) is 8.47. The number of carbonyl (C=O) groups is 2. The first kappa shape index (κ1) is 14.0. The molecule has 1 heterocycles. The molecule has 1 rings (SSSR count). The maximum absolute atomic E-state index is 11.7. The molecule has 0 bridgehead atoms. The second-order valence-electron chi connectivity index (χ2n) is 4.41. The Bertz CT molecular complexity index is 391. The standard InChI is InChI=1S/C13H17NO4/c1-13(2,11(15)17-3)10-18-12(16)14-8-6-4-5-7-9-14/h4-9H,10H2,1-3H3. The number of allylic oxidation sites excluding steroid dienone is 4. The molecular weight excluding hydrogens is 234 g/mol. The molecule has 0 atom stereocenters. The van der Waals surface area contributed by atoms with Crippen LogP contribution in [0.4, 0.5) is 4.79 Å². The fraction of sp³-hybridized carbons (Fsp3) is 0.385. The SMILES string of the molecule is COC(=O)C(C)(C)COC(=O)N1C=CC=CC=C1. The van der Waals surface area contributed by atoms with Gasteiger partial charge in [-0.15, -0.1) is 0 Å². The molecule has 0 fully saturated rings. The minimum absolute atomic E-state index is 0.0376. The maximum atomic E-state index is 11.7. The molecule has 0 aromatic heterocycles. The van der Waals surface area contributed by atoms with Crippen molar-refractivity contribution in [3.63, 3.8) is 0 Å². The van der Waals surface area contributed by atoms with Crippen molar-refractivity contribution in [2.75, 3.05) is 13.7 Å². The van der Waals surface area contributed by atoms with E-state index in [1.165, 1.54) is 12.0 Å². The van der Waals surface area contributed by atoms with Crippen molar-refractivity contribution >= 4 is 12.1 Å². The fourth-order valence-electron chi connectivity index (χ4n) is 1.24. The smallest absolute Gasteiger partial charge is 0.417 e. The first-order valence-electron chi connectivity index (χ1n) is 5.52. The molecule has 0 radical (unpaired) electrons. The highest BCUT2D eigenvalue weighted by Crippen LogP contribution is 2.18. The van der Waals surface area contributed by atoms with E-state index in [0.29, 0.717) is 0 Å². The van der Waals surface area contributed by atoms with Gasteiger partial charge in [-0.2, -0.15) is 0 Å². The molecule has 98 valence electrons. The Kier molecular flexibility index (Phi) is 4.71. The Balaban J connectivity index is 2.53. The van der Waals surface area contributed by atoms with Crippen molar-refractivity contribution in [1.29, 1.82) is 0 Å². The lowest BCUT2D eigenvalue weighted by molar-refractivity contribution is -0.152. The highest BCUT2D eigenvalue weighted by Gasteiger charge is 2.31. The first-order valence-corrected chi connectivity index (χ1v) is 5.52. The van der Waals surface area contributed by atoms with Gasteiger partial charge in [0.05, 0.1) is 12.5 Å². The summed E-state index contributed by atoms with van der Waals surface area (Å²) in [5, 5.41) is 0. The van der Waals surface area contributed by atoms with Crippen molar-refractivity contribution in [1.82, 2.24) is 4.90 Å². The molecule has 0 unspecified atom stereocenters. The zero-order valence-electron chi connectivity index (χ0n) is 10.8. The summed E-state index contributed by atoms with van der Waals surface area (Å²) in [4.78, 5) is 24.4. The summed E-state index contributed by atoms with van der Waals surface area (Å²) in [6.45, 7) is 3.27. The summed E-state index contributed by atoms with van der Waals surface area (Å²) in [7, 11) is 1.30. The van der Waals surface area contributed by atoms with Gasteiger partial charge in [0.25, 0.3) is 0 Å². The molecule has 0 spiro atoms. The molecule has 0 saturated heterocycles. The van der Waals surface area contributed by atoms with E-state index in [-0.39, 0.29) is 6.61 Å². The molecular formula is C13H17NO4. The van der Waals surface area contributed by atoms with Crippen LogP contribution in [0.15, 0.2) is 36.7 Å². The number of nitrogens with zero attached hydrogens (tertiary/aromatic N) is 1. The van der Waals surface area contributed by atoms with Gasteiger partial charge in [-0.05, 0) is 26.0 Å². The summed E-state index contributed by atoms with van der Waals surface area (Å²) in [5.74, 6) is -0.418. The van der Waals surface area contributed by atoms with Crippen molar-refractivity contribution < 1.29 is 19.1 Å². The minimum Gasteiger partial charge on any atom is -0.469 e. The Morgan fingerprint density at radius 1 is 1.11 bits per heavy atom. The van der Waals surface area contributed by atoms with Crippen LogP contribution < -0.4 is 0 Å². The number of amides is 1. The van der Waals surface area contributed by atoms with E-state index < -0.39 is 17.5 Å². The third kappa shape index (κ3) is 3.76. The van der Waals surface area contributed by atoms with Crippen molar-refractivity contribution in [3.8, 4) is 0 Å². The van der Waals surface area contributed by atoms with Crippen LogP contribution in [0.25, 0.3) is 0 Å². The third-order valence-electron chi connectivity index (χ3n) is 2.33. The van der Waals surface area contributed by atoms with Gasteiger partial charge in [-0.1, -0.05) is 12.2 Å². The van der Waals surface area contributed by atoms with Gasteiger partial charge >= 0.3 is 12.1 Å². The largest absolute Gasteiger partial charge is 0.469 e. The zero-order valence-corrected chi connectivity index (χ0v) is 10.8. The van der Waals surface area contributed by atoms with Gasteiger partial charge in [-0.3, -0.25) is 9.69 Å². The monoisotopic (exact) mass is 251 g/mol. The lowest BCUT2D eigenvalue weighted by atomic mass is 9.95. The number of hydrogen-bond acceptors (Lipinski definition) is 4. The number of carbonyl (C=O) groups excluding carboxylic acids is 2. The summed E-state index contributed by atoms with van der Waals surface area (Å²) in [5.41, 5.74) is -0.859. The summed E-state index contributed by atoms with van der Waals surface area (Å²) in [6, 6.07) is 0. The Morgan fingerprint density at radius 2 is 1.67 bits per heavy atom. The topological polar surface area (TPSA) is 55.8 Å². The number of hydrogen-bond donors (Lipinski definition) is 0. The van der Waals surface area contributed by atoms with Crippen LogP contribution in [0.2, 0.25) is 0 Å². The Hall–Kier alpha value is -2.04. The number of esters is 1. The summed E-state index contributed by atoms with van der Waals surface area (Å²) < 4.78 is 9.71. The van der Waals surface area contributed by atoms with Crippen LogP contribution in [0.1, 0.15) is 13.8 Å². The van der Waals surface area contributed by atoms with Gasteiger partial charge in [0.15, 0.2) is 0 Å². The molecule has 0 aromatic carbocycles. The van der Waals surface area contributed by atoms with E-state index in [0.717, 1.165) is 0 Å². The van der Waals surface area contributed by atoms with Crippen molar-refractivity contribution in [2.45, 2.75) is 13.8 Å². The number of methoxy groups -OCH3 is 1. The average molecular weight is 251 g/mol. The van der Waals surface area contributed by atoms with Crippen molar-refractivity contribution in [3.05, 3.63) is 36.7 Å². The Morgan fingerprint density at radius 3 is 2.17 bits per heavy atom. The highest BCUT2D eigenvalue weighted by atomic mass is 16.6. The lowest BCUT2D eigenvalue weighted by Crippen LogP contribution is -2.33. The quantitative estimate of drug-likeness (QED) is 0.722. The van der Waals surface area contributed by atoms with Gasteiger partial charge < -0.3 is 9.47 Å². The molecule has 5 heteroatoms. The predicted octanol–water partition coefficient (Wildman–Crippen LogP) is 2.22. The van der Waals surface area contributed by atoms with Crippen LogP contribution in [0.5, 0.6) is 0 Å². The number of ether oxygens (including phenoxy) is 2. The summed E-state index contributed by atoms with van der Waals surface area (Å²) in [6.07, 6.45) is 9.63. The second kappa shape index (κ2) is 6.05. The average Bonchev–Trinajstić information content (AvgIpc) is 2.63. The normalized spacial score (nSPS) is 14.3. The van der Waals surface area contributed by atoms with Crippen LogP contribution in [0.3, 0.4) is 0 Å². The molecule has 0 aromatic rings. The highest BCUT2D eigenvalue weighted by molar-refractivity contribution is 5.77. The van der Waals surface area contributed by atoms with Crippen molar-refractivity contribution in [2.24, 2.45) is 5.41 Å². The number of rotatable bonds is 3. The molecule has 0 aliphatic carbocycles. The van der Waals surface area contributed by atoms with Gasteiger partial charge in [0.1, 0.15) is 6.61 Å². The van der Waals surface area contributed by atoms with E-state index in [4.69, 9.17) is 4.74 Å². The van der Waals surface area contributed by atoms with Gasteiger partial charge in [0, 0.05) is 12.4 Å². The van der Waals surface area contributed by atoms with Gasteiger partial charge in [0.2, 0.25) is 0 Å². The van der Waals surface area contributed by atoms with E-state index in [1.807, 2.05) is 0 Å². The molecule has 0 saturated carbocycles. The molecule has 1 amide bonds. The Labute approximate surface area is 106 Å². The molecule has 5 nitrogen and oxygen atoms in total. The summed E-state index contributed by atoms with van der Waals surface area (Å²) >= 11 is 0. The molecule has 1 aliphatic heterocycles. The van der Waals surface area contributed by atoms with E-state index in [2.05, 4.69) is 4.74 Å². The van der Waals surface area contributed by atoms with E-state index >= 15 is 0 Å². The predicted molar refractivity (Wildman–Crippen MR) is 66.4 cm³/mol. The van der Waals surface area contributed by atoms with Gasteiger partial charge in [-0.25, -0.2) is 4.79 Å². The van der Waals surface area contributed by atoms with E-state index in [1.54, 1.807) is 50.6 Å². The van der Waals surface area contributed by atoms with Crippen LogP contribution in [-0.4, -0.2) is 30.7 Å². The van der Waals surface area contributed by atoms with E-state index in [9.17, 15) is 9.59 Å². The fourth-order valence-corrected chi connectivity index (χ4v) is 1.24. The molecule has 18 heavy (non-hydrogen) atoms. The molecule has 1 aliphatic rings. The maximum Gasteiger partial charge on any atom is 0.417 e. The lowest BCUT2D eigenvalue weighted by Gasteiger charge is -2.22. The third-order valence-corrected chi connectivity index (χ3v) is 2.33. The molecule has 0 N–H and O–H groups in total. The van der Waals surface area contributed by atoms with Crippen LogP contribution in [0, 0.1) is 5.41 Å².